The Hall–Kier alpha value is -1.76. The summed E-state index contributed by atoms with van der Waals surface area (Å²) in [5.41, 5.74) is 7.50. The number of nitrogens with two attached hydrogens (primary N) is 1. The van der Waals surface area contributed by atoms with Crippen LogP contribution in [0, 0.1) is 0 Å². The van der Waals surface area contributed by atoms with Gasteiger partial charge in [-0.25, -0.2) is 4.99 Å². The topological polar surface area (TPSA) is 50.8 Å². The van der Waals surface area contributed by atoms with Crippen LogP contribution >= 0.6 is 0 Å². The lowest BCUT2D eigenvalue weighted by Crippen LogP contribution is -2.37. The molecule has 0 atom stereocenters. The number of aliphatic imine (C=N–C) groups is 1. The average molecular weight is 317 g/mol. The Kier molecular flexibility index (Phi) is 7.17. The molecule has 0 aliphatic carbocycles. The van der Waals surface area contributed by atoms with E-state index in [1.54, 1.807) is 12.1 Å². The second kappa shape index (κ2) is 8.63. The zero-order valence-electron chi connectivity index (χ0n) is 12.9. The van der Waals surface area contributed by atoms with E-state index in [0.29, 0.717) is 18.1 Å². The lowest BCUT2D eigenvalue weighted by molar-refractivity contribution is -0.176. The molecule has 1 aromatic rings. The van der Waals surface area contributed by atoms with Crippen molar-refractivity contribution < 1.29 is 17.9 Å². The molecule has 0 radical (unpaired) electrons. The summed E-state index contributed by atoms with van der Waals surface area (Å²) in [4.78, 5) is 6.24. The molecule has 0 saturated carbocycles. The molecule has 0 unspecified atom stereocenters. The number of halogens is 3. The van der Waals surface area contributed by atoms with Gasteiger partial charge in [-0.1, -0.05) is 24.3 Å². The number of guanidine groups is 1. The third-order valence-electron chi connectivity index (χ3n) is 3.07. The van der Waals surface area contributed by atoms with Crippen LogP contribution in [0.1, 0.15) is 25.0 Å². The van der Waals surface area contributed by atoms with Gasteiger partial charge in [0, 0.05) is 13.1 Å². The predicted molar refractivity (Wildman–Crippen MR) is 80.4 cm³/mol. The minimum atomic E-state index is -4.30. The van der Waals surface area contributed by atoms with E-state index in [1.807, 2.05) is 30.9 Å². The van der Waals surface area contributed by atoms with Crippen molar-refractivity contribution in [3.63, 3.8) is 0 Å². The minimum Gasteiger partial charge on any atom is -0.370 e. The molecule has 0 heterocycles. The molecular weight excluding hydrogens is 295 g/mol. The van der Waals surface area contributed by atoms with E-state index in [2.05, 4.69) is 9.73 Å². The zero-order valence-corrected chi connectivity index (χ0v) is 12.9. The molecule has 0 aliphatic rings. The first-order valence-corrected chi connectivity index (χ1v) is 7.13. The van der Waals surface area contributed by atoms with Crippen LogP contribution in [-0.2, 0) is 17.9 Å². The second-order valence-electron chi connectivity index (χ2n) is 4.77. The van der Waals surface area contributed by atoms with Gasteiger partial charge in [-0.3, -0.25) is 0 Å². The summed E-state index contributed by atoms with van der Waals surface area (Å²) in [6.45, 7) is 4.72. The van der Waals surface area contributed by atoms with Gasteiger partial charge in [-0.05, 0) is 25.0 Å². The molecule has 0 aliphatic heterocycles. The van der Waals surface area contributed by atoms with E-state index in [4.69, 9.17) is 5.73 Å². The summed E-state index contributed by atoms with van der Waals surface area (Å²) in [5.74, 6) is 0.489. The fourth-order valence-electron chi connectivity index (χ4n) is 1.85. The van der Waals surface area contributed by atoms with Gasteiger partial charge < -0.3 is 15.4 Å². The number of benzene rings is 1. The lowest BCUT2D eigenvalue weighted by Gasteiger charge is -2.19. The van der Waals surface area contributed by atoms with Gasteiger partial charge in [0.25, 0.3) is 0 Å². The highest BCUT2D eigenvalue weighted by molar-refractivity contribution is 5.77. The quantitative estimate of drug-likeness (QED) is 0.621. The molecule has 1 aromatic carbocycles. The highest BCUT2D eigenvalue weighted by Crippen LogP contribution is 2.16. The minimum absolute atomic E-state index is 0.0648. The maximum Gasteiger partial charge on any atom is 0.411 e. The maximum atomic E-state index is 12.0. The Morgan fingerprint density at radius 2 is 1.68 bits per heavy atom. The summed E-state index contributed by atoms with van der Waals surface area (Å²) < 4.78 is 40.5. The van der Waals surface area contributed by atoms with Crippen molar-refractivity contribution >= 4 is 5.96 Å². The summed E-state index contributed by atoms with van der Waals surface area (Å²) in [5, 5.41) is 0. The van der Waals surface area contributed by atoms with Crippen LogP contribution in [0.5, 0.6) is 0 Å². The summed E-state index contributed by atoms with van der Waals surface area (Å²) in [7, 11) is 0. The van der Waals surface area contributed by atoms with Crippen LogP contribution in [0.2, 0.25) is 0 Å². The summed E-state index contributed by atoms with van der Waals surface area (Å²) >= 11 is 0. The van der Waals surface area contributed by atoms with Gasteiger partial charge in [-0.15, -0.1) is 0 Å². The van der Waals surface area contributed by atoms with E-state index < -0.39 is 12.8 Å². The van der Waals surface area contributed by atoms with Crippen LogP contribution < -0.4 is 5.73 Å². The third-order valence-corrected chi connectivity index (χ3v) is 3.07. The highest BCUT2D eigenvalue weighted by atomic mass is 19.4. The van der Waals surface area contributed by atoms with Gasteiger partial charge in [0.2, 0.25) is 0 Å². The molecular formula is C15H22F3N3O. The van der Waals surface area contributed by atoms with Crippen molar-refractivity contribution in [3.05, 3.63) is 35.4 Å². The molecule has 0 fully saturated rings. The van der Waals surface area contributed by atoms with E-state index in [1.165, 1.54) is 0 Å². The smallest absolute Gasteiger partial charge is 0.370 e. The van der Waals surface area contributed by atoms with E-state index in [-0.39, 0.29) is 6.61 Å². The molecule has 0 amide bonds. The molecule has 22 heavy (non-hydrogen) atoms. The molecule has 0 aromatic heterocycles. The number of nitrogens with zero attached hydrogens (tertiary/aromatic N) is 2. The Bertz CT molecular complexity index is 468. The van der Waals surface area contributed by atoms with Crippen molar-refractivity contribution in [2.75, 3.05) is 19.7 Å². The third kappa shape index (κ3) is 6.80. The Balaban J connectivity index is 2.49. The normalized spacial score (nSPS) is 12.5. The first-order chi connectivity index (χ1) is 10.4. The van der Waals surface area contributed by atoms with Gasteiger partial charge in [0.1, 0.15) is 6.61 Å². The number of hydrogen-bond acceptors (Lipinski definition) is 2. The van der Waals surface area contributed by atoms with Crippen molar-refractivity contribution in [1.29, 1.82) is 0 Å². The van der Waals surface area contributed by atoms with Crippen LogP contribution in [0.15, 0.2) is 29.3 Å². The standard InChI is InChI=1S/C15H22F3N3O/c1-3-21(4-2)14(19)20-9-12-5-7-13(8-6-12)10-22-11-15(16,17)18/h5-8H,3-4,9-11H2,1-2H3,(H2,19,20). The largest absolute Gasteiger partial charge is 0.411 e. The van der Waals surface area contributed by atoms with Crippen LogP contribution in [0.3, 0.4) is 0 Å². The van der Waals surface area contributed by atoms with Gasteiger partial charge >= 0.3 is 6.18 Å². The molecule has 7 heteroatoms. The van der Waals surface area contributed by atoms with Gasteiger partial charge in [0.15, 0.2) is 5.96 Å². The monoisotopic (exact) mass is 317 g/mol. The van der Waals surface area contributed by atoms with Crippen LogP contribution in [0.25, 0.3) is 0 Å². The van der Waals surface area contributed by atoms with Gasteiger partial charge in [0.05, 0.1) is 13.2 Å². The second-order valence-corrected chi connectivity index (χ2v) is 4.77. The lowest BCUT2D eigenvalue weighted by atomic mass is 10.1. The van der Waals surface area contributed by atoms with Crippen molar-refractivity contribution in [3.8, 4) is 0 Å². The first kappa shape index (κ1) is 18.3. The Morgan fingerprint density at radius 1 is 1.14 bits per heavy atom. The SMILES string of the molecule is CCN(CC)C(N)=NCc1ccc(COCC(F)(F)F)cc1. The van der Waals surface area contributed by atoms with Crippen molar-refractivity contribution in [2.24, 2.45) is 10.7 Å². The number of hydrogen-bond donors (Lipinski definition) is 1. The summed E-state index contributed by atoms with van der Waals surface area (Å²) in [6, 6.07) is 7.08. The highest BCUT2D eigenvalue weighted by Gasteiger charge is 2.27. The van der Waals surface area contributed by atoms with E-state index in [9.17, 15) is 13.2 Å². The number of alkyl halides is 3. The van der Waals surface area contributed by atoms with Crippen LogP contribution in [0.4, 0.5) is 13.2 Å². The van der Waals surface area contributed by atoms with E-state index in [0.717, 1.165) is 18.7 Å². The molecule has 0 bridgehead atoms. The first-order valence-electron chi connectivity index (χ1n) is 7.13. The van der Waals surface area contributed by atoms with Gasteiger partial charge in [-0.2, -0.15) is 13.2 Å². The van der Waals surface area contributed by atoms with Crippen molar-refractivity contribution in [1.82, 2.24) is 4.90 Å². The fourth-order valence-corrected chi connectivity index (χ4v) is 1.85. The zero-order chi connectivity index (χ0) is 16.6. The average Bonchev–Trinajstić information content (AvgIpc) is 2.46. The van der Waals surface area contributed by atoms with Crippen molar-refractivity contribution in [2.45, 2.75) is 33.2 Å². The Morgan fingerprint density at radius 3 is 2.18 bits per heavy atom. The molecule has 0 saturated heterocycles. The summed E-state index contributed by atoms with van der Waals surface area (Å²) in [6.07, 6.45) is -4.30. The molecule has 1 rings (SSSR count). The number of ether oxygens (including phenoxy) is 1. The van der Waals surface area contributed by atoms with Crippen LogP contribution in [-0.4, -0.2) is 36.7 Å². The molecule has 4 nitrogen and oxygen atoms in total. The fraction of sp³-hybridized carbons (Fsp3) is 0.533. The predicted octanol–water partition coefficient (Wildman–Crippen LogP) is 2.92. The molecule has 0 spiro atoms. The molecule has 124 valence electrons. The number of rotatable bonds is 7. The van der Waals surface area contributed by atoms with E-state index >= 15 is 0 Å². The maximum absolute atomic E-state index is 12.0. The molecule has 2 N–H and O–H groups in total. The Labute approximate surface area is 128 Å².